The van der Waals surface area contributed by atoms with Crippen molar-refractivity contribution in [3.63, 3.8) is 0 Å². The maximum atomic E-state index is 12.7. The van der Waals surface area contributed by atoms with Crippen molar-refractivity contribution >= 4 is 17.0 Å². The molecule has 0 unspecified atom stereocenters. The minimum atomic E-state index is -4.31. The largest absolute Gasteiger partial charge is 0.416 e. The van der Waals surface area contributed by atoms with Gasteiger partial charge < -0.3 is 4.98 Å². The molecule has 25 heavy (non-hydrogen) atoms. The lowest BCUT2D eigenvalue weighted by Crippen LogP contribution is -2.17. The highest BCUT2D eigenvalue weighted by molar-refractivity contribution is 5.82. The first kappa shape index (κ1) is 17.3. The topological polar surface area (TPSA) is 19.0 Å². The summed E-state index contributed by atoms with van der Waals surface area (Å²) in [7, 11) is 1.98. The van der Waals surface area contributed by atoms with E-state index in [1.54, 1.807) is 12.1 Å². The predicted octanol–water partition coefficient (Wildman–Crippen LogP) is 5.33. The fourth-order valence-electron chi connectivity index (χ4n) is 2.82. The van der Waals surface area contributed by atoms with Crippen molar-refractivity contribution in [2.75, 3.05) is 13.6 Å². The molecule has 1 aromatic heterocycles. The third kappa shape index (κ3) is 4.31. The number of rotatable bonds is 5. The van der Waals surface area contributed by atoms with Crippen molar-refractivity contribution in [2.24, 2.45) is 0 Å². The van der Waals surface area contributed by atoms with Gasteiger partial charge in [0, 0.05) is 24.8 Å². The summed E-state index contributed by atoms with van der Waals surface area (Å²) in [6, 6.07) is 13.5. The van der Waals surface area contributed by atoms with Crippen LogP contribution in [0, 0.1) is 0 Å². The Morgan fingerprint density at radius 1 is 1.08 bits per heavy atom. The number of nitrogens with one attached hydrogen (secondary N) is 1. The first-order valence-corrected chi connectivity index (χ1v) is 8.01. The van der Waals surface area contributed by atoms with Crippen molar-refractivity contribution < 1.29 is 13.2 Å². The van der Waals surface area contributed by atoms with E-state index in [1.165, 1.54) is 17.0 Å². The smallest absolute Gasteiger partial charge is 0.361 e. The van der Waals surface area contributed by atoms with Crippen molar-refractivity contribution in [1.29, 1.82) is 0 Å². The maximum absolute atomic E-state index is 12.7. The summed E-state index contributed by atoms with van der Waals surface area (Å²) in [5.74, 6) is 0. The zero-order valence-corrected chi connectivity index (χ0v) is 13.8. The van der Waals surface area contributed by atoms with Gasteiger partial charge in [0.15, 0.2) is 0 Å². The molecule has 0 fully saturated rings. The summed E-state index contributed by atoms with van der Waals surface area (Å²) in [6.07, 6.45) is 1.21. The molecule has 2 nitrogen and oxygen atoms in total. The maximum Gasteiger partial charge on any atom is 0.416 e. The zero-order chi connectivity index (χ0) is 17.9. The van der Waals surface area contributed by atoms with Crippen molar-refractivity contribution in [1.82, 2.24) is 9.88 Å². The van der Waals surface area contributed by atoms with E-state index in [9.17, 15) is 13.2 Å². The first-order valence-electron chi connectivity index (χ1n) is 8.01. The van der Waals surface area contributed by atoms with Crippen LogP contribution >= 0.6 is 0 Å². The Morgan fingerprint density at radius 2 is 1.88 bits per heavy atom. The molecule has 1 N–H and O–H groups in total. The molecular weight excluding hydrogens is 325 g/mol. The number of para-hydroxylation sites is 1. The van der Waals surface area contributed by atoms with E-state index < -0.39 is 11.7 Å². The van der Waals surface area contributed by atoms with Gasteiger partial charge in [0.05, 0.1) is 5.56 Å². The summed E-state index contributed by atoms with van der Waals surface area (Å²) >= 11 is 0. The van der Waals surface area contributed by atoms with E-state index in [0.717, 1.165) is 24.2 Å². The summed E-state index contributed by atoms with van der Waals surface area (Å²) in [5, 5.41) is 1.17. The van der Waals surface area contributed by atoms with Gasteiger partial charge in [0.2, 0.25) is 0 Å². The normalized spacial score (nSPS) is 12.5. The molecule has 3 aromatic rings. The van der Waals surface area contributed by atoms with E-state index >= 15 is 0 Å². The molecule has 0 saturated heterocycles. The van der Waals surface area contributed by atoms with Crippen molar-refractivity contribution in [2.45, 2.75) is 12.7 Å². The van der Waals surface area contributed by atoms with Crippen LogP contribution < -0.4 is 0 Å². The number of fused-ring (bicyclic) bond motifs is 1. The number of likely N-dealkylation sites (N-methyl/N-ethyl adjacent to an activating group) is 1. The highest BCUT2D eigenvalue weighted by Gasteiger charge is 2.30. The van der Waals surface area contributed by atoms with Gasteiger partial charge in [0.1, 0.15) is 0 Å². The molecule has 0 saturated carbocycles. The zero-order valence-electron chi connectivity index (χ0n) is 13.8. The Labute approximate surface area is 144 Å². The lowest BCUT2D eigenvalue weighted by atomic mass is 10.1. The summed E-state index contributed by atoms with van der Waals surface area (Å²) < 4.78 is 38.2. The van der Waals surface area contributed by atoms with E-state index in [2.05, 4.69) is 22.0 Å². The summed E-state index contributed by atoms with van der Waals surface area (Å²) in [6.45, 7) is 1.40. The monoisotopic (exact) mass is 344 g/mol. The van der Waals surface area contributed by atoms with Gasteiger partial charge in [0.25, 0.3) is 0 Å². The van der Waals surface area contributed by atoms with Crippen LogP contribution in [-0.4, -0.2) is 23.5 Å². The number of hydrogen-bond donors (Lipinski definition) is 1. The first-order chi connectivity index (χ1) is 11.9. The molecule has 1 heterocycles. The second-order valence-corrected chi connectivity index (χ2v) is 6.08. The molecule has 0 radical (unpaired) electrons. The highest BCUT2D eigenvalue weighted by Crippen LogP contribution is 2.29. The summed E-state index contributed by atoms with van der Waals surface area (Å²) in [5.41, 5.74) is 2.24. The minimum Gasteiger partial charge on any atom is -0.361 e. The molecule has 0 amide bonds. The molecular formula is C20H19F3N2. The average Bonchev–Trinajstić information content (AvgIpc) is 3.04. The molecule has 0 aliphatic carbocycles. The van der Waals surface area contributed by atoms with Crippen LogP contribution in [0.4, 0.5) is 13.2 Å². The van der Waals surface area contributed by atoms with Crippen LogP contribution in [0.25, 0.3) is 17.0 Å². The Bertz CT molecular complexity index is 878. The van der Waals surface area contributed by atoms with Crippen LogP contribution in [0.3, 0.4) is 0 Å². The quantitative estimate of drug-likeness (QED) is 0.663. The van der Waals surface area contributed by atoms with E-state index in [1.807, 2.05) is 31.5 Å². The Balaban J connectivity index is 1.63. The lowest BCUT2D eigenvalue weighted by Gasteiger charge is -2.15. The van der Waals surface area contributed by atoms with Gasteiger partial charge in [-0.25, -0.2) is 0 Å². The number of hydrogen-bond acceptors (Lipinski definition) is 1. The van der Waals surface area contributed by atoms with Crippen LogP contribution in [-0.2, 0) is 12.7 Å². The van der Waals surface area contributed by atoms with Gasteiger partial charge >= 0.3 is 6.18 Å². The van der Waals surface area contributed by atoms with Gasteiger partial charge in [-0.3, -0.25) is 4.90 Å². The number of nitrogens with zero attached hydrogens (tertiary/aromatic N) is 1. The molecule has 130 valence electrons. The molecule has 0 aliphatic rings. The number of benzene rings is 2. The molecule has 3 rings (SSSR count). The fraction of sp³-hybridized carbons (Fsp3) is 0.200. The van der Waals surface area contributed by atoms with Crippen LogP contribution in [0.2, 0.25) is 0 Å². The number of aromatic nitrogens is 1. The third-order valence-electron chi connectivity index (χ3n) is 4.06. The SMILES string of the molecule is CN(C/C=C/c1cccc(C(F)(F)F)c1)Cc1cccc2cc[nH]c12. The number of aromatic amines is 1. The van der Waals surface area contributed by atoms with Crippen molar-refractivity contribution in [3.05, 3.63) is 77.5 Å². The van der Waals surface area contributed by atoms with E-state index in [4.69, 9.17) is 0 Å². The van der Waals surface area contributed by atoms with Crippen molar-refractivity contribution in [3.8, 4) is 0 Å². The molecule has 2 aromatic carbocycles. The van der Waals surface area contributed by atoms with Gasteiger partial charge in [-0.05, 0) is 41.8 Å². The third-order valence-corrected chi connectivity index (χ3v) is 4.06. The fourth-order valence-corrected chi connectivity index (χ4v) is 2.82. The predicted molar refractivity (Wildman–Crippen MR) is 95.1 cm³/mol. The Hall–Kier alpha value is -2.53. The van der Waals surface area contributed by atoms with E-state index in [0.29, 0.717) is 12.1 Å². The molecule has 0 atom stereocenters. The molecule has 0 spiro atoms. The Kier molecular flexibility index (Phi) is 4.95. The number of H-pyrrole nitrogens is 1. The van der Waals surface area contributed by atoms with Crippen LogP contribution in [0.1, 0.15) is 16.7 Å². The second kappa shape index (κ2) is 7.15. The summed E-state index contributed by atoms with van der Waals surface area (Å²) in [4.78, 5) is 5.36. The molecule has 0 bridgehead atoms. The number of halogens is 3. The molecule has 5 heteroatoms. The van der Waals surface area contributed by atoms with E-state index in [-0.39, 0.29) is 0 Å². The lowest BCUT2D eigenvalue weighted by molar-refractivity contribution is -0.137. The van der Waals surface area contributed by atoms with Gasteiger partial charge in [-0.2, -0.15) is 13.2 Å². The van der Waals surface area contributed by atoms with Crippen LogP contribution in [0.15, 0.2) is 60.8 Å². The Morgan fingerprint density at radius 3 is 2.68 bits per heavy atom. The highest BCUT2D eigenvalue weighted by atomic mass is 19.4. The second-order valence-electron chi connectivity index (χ2n) is 6.08. The van der Waals surface area contributed by atoms with Crippen LogP contribution in [0.5, 0.6) is 0 Å². The molecule has 0 aliphatic heterocycles. The average molecular weight is 344 g/mol. The van der Waals surface area contributed by atoms with Gasteiger partial charge in [-0.15, -0.1) is 0 Å². The minimum absolute atomic E-state index is 0.551. The standard InChI is InChI=1S/C20H19F3N2/c1-25(14-17-8-3-7-16-10-11-24-19(16)17)12-4-6-15-5-2-9-18(13-15)20(21,22)23/h2-11,13,24H,12,14H2,1H3/b6-4+. The van der Waals surface area contributed by atoms with Gasteiger partial charge in [-0.1, -0.05) is 42.5 Å². The number of alkyl halides is 3.